The van der Waals surface area contributed by atoms with Crippen molar-refractivity contribution in [2.24, 2.45) is 0 Å². The van der Waals surface area contributed by atoms with Gasteiger partial charge in [0.1, 0.15) is 36.8 Å². The summed E-state index contributed by atoms with van der Waals surface area (Å²) < 4.78 is 53.7. The normalized spacial score (nSPS) is 21.2. The summed E-state index contributed by atoms with van der Waals surface area (Å²) in [6, 6.07) is 0. The molecule has 0 aromatic rings. The lowest BCUT2D eigenvalue weighted by molar-refractivity contribution is -0.297. The van der Waals surface area contributed by atoms with Gasteiger partial charge in [0, 0.05) is 12.8 Å². The molecule has 52 heavy (non-hydrogen) atoms. The second kappa shape index (κ2) is 30.9. The molecule has 1 aliphatic rings. The van der Waals surface area contributed by atoms with E-state index in [2.05, 4.69) is 13.8 Å². The van der Waals surface area contributed by atoms with Crippen LogP contribution in [-0.4, -0.2) is 96.0 Å². The van der Waals surface area contributed by atoms with Crippen LogP contribution in [0.25, 0.3) is 0 Å². The number of aliphatic hydroxyl groups excluding tert-OH is 3. The molecule has 0 saturated carbocycles. The number of hydrogen-bond acceptors (Lipinski definition) is 11. The number of ether oxygens (including phenoxy) is 4. The van der Waals surface area contributed by atoms with Gasteiger partial charge in [-0.2, -0.15) is 8.42 Å². The largest absolute Gasteiger partial charge is 0.462 e. The van der Waals surface area contributed by atoms with Crippen LogP contribution in [-0.2, 0) is 38.7 Å². The first kappa shape index (κ1) is 48.7. The van der Waals surface area contributed by atoms with E-state index in [1.807, 2.05) is 0 Å². The SMILES string of the molecule is CCCCCCCCCCCCCCCCCCCC(=O)OC[C@H](CO[C@H]1O[C@H](CS(=O)(=O)O)[C@@H](O)C(O)C1O)OC(=O)CCCCCCCCC. The highest BCUT2D eigenvalue weighted by Crippen LogP contribution is 2.24. The second-order valence-corrected chi connectivity index (χ2v) is 16.2. The summed E-state index contributed by atoms with van der Waals surface area (Å²) in [4.78, 5) is 25.1. The van der Waals surface area contributed by atoms with E-state index in [1.165, 1.54) is 89.9 Å². The minimum Gasteiger partial charge on any atom is -0.462 e. The fraction of sp³-hybridized carbons (Fsp3) is 0.949. The average Bonchev–Trinajstić information content (AvgIpc) is 3.10. The third-order valence-electron chi connectivity index (χ3n) is 9.69. The lowest BCUT2D eigenvalue weighted by Crippen LogP contribution is -2.60. The molecule has 0 spiro atoms. The third-order valence-corrected chi connectivity index (χ3v) is 10.4. The summed E-state index contributed by atoms with van der Waals surface area (Å²) in [6.45, 7) is 3.70. The molecule has 0 aliphatic carbocycles. The molecule has 1 saturated heterocycles. The number of aliphatic hydroxyl groups is 3. The molecule has 0 aromatic carbocycles. The van der Waals surface area contributed by atoms with Crippen molar-refractivity contribution in [3.8, 4) is 0 Å². The number of unbranched alkanes of at least 4 members (excludes halogenated alkanes) is 22. The summed E-state index contributed by atoms with van der Waals surface area (Å²) in [5.74, 6) is -1.97. The molecule has 0 radical (unpaired) electrons. The summed E-state index contributed by atoms with van der Waals surface area (Å²) in [7, 11) is -4.59. The van der Waals surface area contributed by atoms with Gasteiger partial charge in [-0.1, -0.05) is 155 Å². The minimum atomic E-state index is -4.59. The van der Waals surface area contributed by atoms with Gasteiger partial charge in [0.25, 0.3) is 10.1 Å². The first-order valence-corrected chi connectivity index (χ1v) is 22.2. The highest BCUT2D eigenvalue weighted by Gasteiger charge is 2.46. The van der Waals surface area contributed by atoms with Crippen LogP contribution in [0, 0.1) is 0 Å². The Morgan fingerprint density at radius 3 is 1.40 bits per heavy atom. The molecule has 4 N–H and O–H groups in total. The Hall–Kier alpha value is -1.35. The van der Waals surface area contributed by atoms with Gasteiger partial charge in [0.05, 0.1) is 6.61 Å². The van der Waals surface area contributed by atoms with Crippen LogP contribution in [0.2, 0.25) is 0 Å². The fourth-order valence-electron chi connectivity index (χ4n) is 6.44. The molecule has 1 heterocycles. The topological polar surface area (TPSA) is 186 Å². The monoisotopic (exact) mass is 766 g/mol. The Kier molecular flexibility index (Phi) is 28.9. The highest BCUT2D eigenvalue weighted by molar-refractivity contribution is 7.85. The zero-order chi connectivity index (χ0) is 38.5. The van der Waals surface area contributed by atoms with Crippen molar-refractivity contribution >= 4 is 22.1 Å². The van der Waals surface area contributed by atoms with E-state index in [-0.39, 0.29) is 19.4 Å². The van der Waals surface area contributed by atoms with Crippen molar-refractivity contribution < 1.29 is 56.8 Å². The Labute approximate surface area is 314 Å². The van der Waals surface area contributed by atoms with Gasteiger partial charge in [-0.15, -0.1) is 0 Å². The second-order valence-electron chi connectivity index (χ2n) is 14.7. The average molecular weight is 767 g/mol. The van der Waals surface area contributed by atoms with Gasteiger partial charge in [0.15, 0.2) is 12.4 Å². The molecule has 0 amide bonds. The van der Waals surface area contributed by atoms with E-state index in [1.54, 1.807) is 0 Å². The van der Waals surface area contributed by atoms with Crippen LogP contribution in [0.4, 0.5) is 0 Å². The predicted octanol–water partition coefficient (Wildman–Crippen LogP) is 7.34. The maximum Gasteiger partial charge on any atom is 0.306 e. The van der Waals surface area contributed by atoms with Crippen LogP contribution in [0.1, 0.15) is 181 Å². The maximum atomic E-state index is 12.6. The first-order valence-electron chi connectivity index (χ1n) is 20.6. The van der Waals surface area contributed by atoms with E-state index < -0.39 is 71.2 Å². The molecule has 0 bridgehead atoms. The molecule has 1 fully saturated rings. The van der Waals surface area contributed by atoms with Crippen LogP contribution in [0.5, 0.6) is 0 Å². The number of carbonyl (C=O) groups excluding carboxylic acids is 2. The van der Waals surface area contributed by atoms with Gasteiger partial charge in [-0.05, 0) is 12.8 Å². The molecule has 13 heteroatoms. The molecule has 2 unspecified atom stereocenters. The lowest BCUT2D eigenvalue weighted by atomic mass is 10.00. The van der Waals surface area contributed by atoms with Gasteiger partial charge >= 0.3 is 11.9 Å². The molecule has 308 valence electrons. The molecular formula is C39H74O12S. The predicted molar refractivity (Wildman–Crippen MR) is 201 cm³/mol. The van der Waals surface area contributed by atoms with E-state index in [0.29, 0.717) is 12.8 Å². The van der Waals surface area contributed by atoms with Crippen molar-refractivity contribution in [1.29, 1.82) is 0 Å². The van der Waals surface area contributed by atoms with Gasteiger partial charge in [-0.25, -0.2) is 0 Å². The van der Waals surface area contributed by atoms with E-state index in [4.69, 9.17) is 18.9 Å². The Bertz CT molecular complexity index is 994. The van der Waals surface area contributed by atoms with E-state index in [9.17, 15) is 37.9 Å². The fourth-order valence-corrected chi connectivity index (χ4v) is 7.13. The van der Waals surface area contributed by atoms with Crippen molar-refractivity contribution in [3.63, 3.8) is 0 Å². The summed E-state index contributed by atoms with van der Waals surface area (Å²) in [5.41, 5.74) is 0. The zero-order valence-electron chi connectivity index (χ0n) is 32.4. The number of hydrogen-bond donors (Lipinski definition) is 4. The van der Waals surface area contributed by atoms with Crippen LogP contribution >= 0.6 is 0 Å². The van der Waals surface area contributed by atoms with Gasteiger partial charge in [0.2, 0.25) is 0 Å². The van der Waals surface area contributed by atoms with Crippen molar-refractivity contribution in [2.45, 2.75) is 218 Å². The quantitative estimate of drug-likeness (QED) is 0.0291. The number of esters is 2. The minimum absolute atomic E-state index is 0.168. The van der Waals surface area contributed by atoms with Gasteiger partial charge < -0.3 is 34.3 Å². The maximum absolute atomic E-state index is 12.6. The highest BCUT2D eigenvalue weighted by atomic mass is 32.2. The number of carbonyl (C=O) groups is 2. The Balaban J connectivity index is 2.39. The number of rotatable bonds is 34. The summed E-state index contributed by atoms with van der Waals surface area (Å²) in [5, 5.41) is 30.7. The van der Waals surface area contributed by atoms with Crippen molar-refractivity contribution in [3.05, 3.63) is 0 Å². The van der Waals surface area contributed by atoms with E-state index >= 15 is 0 Å². The standard InChI is InChI=1S/C39H74O12S/c1-3-5-7-9-11-12-13-14-15-16-17-18-19-20-22-23-25-27-34(40)48-29-32(50-35(41)28-26-24-21-10-8-6-4-2)30-49-39-38(44)37(43)36(42)33(51-39)31-52(45,46)47/h32-33,36-39,42-44H,3-31H2,1-2H3,(H,45,46,47)/t32-,33-,36-,37?,38?,39+/m1/s1. The smallest absolute Gasteiger partial charge is 0.306 e. The zero-order valence-corrected chi connectivity index (χ0v) is 33.2. The van der Waals surface area contributed by atoms with Crippen LogP contribution in [0.3, 0.4) is 0 Å². The first-order chi connectivity index (χ1) is 25.0. The molecule has 12 nitrogen and oxygen atoms in total. The summed E-state index contributed by atoms with van der Waals surface area (Å²) >= 11 is 0. The lowest BCUT2D eigenvalue weighted by Gasteiger charge is -2.40. The van der Waals surface area contributed by atoms with E-state index in [0.717, 1.165) is 51.4 Å². The molecular weight excluding hydrogens is 692 g/mol. The summed E-state index contributed by atoms with van der Waals surface area (Å²) in [6.07, 6.45) is 19.0. The Morgan fingerprint density at radius 1 is 0.577 bits per heavy atom. The van der Waals surface area contributed by atoms with Crippen LogP contribution < -0.4 is 0 Å². The van der Waals surface area contributed by atoms with Crippen LogP contribution in [0.15, 0.2) is 0 Å². The van der Waals surface area contributed by atoms with Gasteiger partial charge in [-0.3, -0.25) is 14.1 Å². The molecule has 1 rings (SSSR count). The van der Waals surface area contributed by atoms with Crippen molar-refractivity contribution in [2.75, 3.05) is 19.0 Å². The molecule has 0 aromatic heterocycles. The molecule has 6 atom stereocenters. The molecule has 1 aliphatic heterocycles. The Morgan fingerprint density at radius 2 is 0.981 bits per heavy atom. The van der Waals surface area contributed by atoms with Crippen molar-refractivity contribution in [1.82, 2.24) is 0 Å². The third kappa shape index (κ3) is 25.6.